The minimum absolute atomic E-state index is 0.226. The summed E-state index contributed by atoms with van der Waals surface area (Å²) in [6, 6.07) is 9.93. The number of carbonyl (C=O) groups is 3. The Balaban J connectivity index is 2.53. The summed E-state index contributed by atoms with van der Waals surface area (Å²) in [4.78, 5) is 42.1. The van der Waals surface area contributed by atoms with Gasteiger partial charge in [-0.3, -0.25) is 9.59 Å². The van der Waals surface area contributed by atoms with Gasteiger partial charge < -0.3 is 20.3 Å². The molecule has 37 heavy (non-hydrogen) atoms. The topological polar surface area (TPSA) is 87.7 Å². The number of benzene rings is 2. The second kappa shape index (κ2) is 12.3. The fourth-order valence-corrected chi connectivity index (χ4v) is 4.38. The summed E-state index contributed by atoms with van der Waals surface area (Å²) in [5, 5.41) is 5.82. The van der Waals surface area contributed by atoms with Crippen LogP contribution in [-0.4, -0.2) is 41.0 Å². The van der Waals surface area contributed by atoms with Crippen LogP contribution in [0.25, 0.3) is 0 Å². The van der Waals surface area contributed by atoms with Crippen molar-refractivity contribution in [3.8, 4) is 0 Å². The third-order valence-corrected chi connectivity index (χ3v) is 6.24. The number of hydrogen-bond acceptors (Lipinski definition) is 4. The molecule has 7 nitrogen and oxygen atoms in total. The summed E-state index contributed by atoms with van der Waals surface area (Å²) in [6.07, 6.45) is -0.668. The predicted octanol–water partition coefficient (Wildman–Crippen LogP) is 6.00. The maximum atomic E-state index is 14.0. The van der Waals surface area contributed by atoms with Gasteiger partial charge in [0.25, 0.3) is 5.91 Å². The van der Waals surface area contributed by atoms with Gasteiger partial charge in [0.05, 0.1) is 0 Å². The lowest BCUT2D eigenvalue weighted by molar-refractivity contribution is -0.141. The summed E-state index contributed by atoms with van der Waals surface area (Å²) in [5.41, 5.74) is 4.63. The number of aryl methyl sites for hydroxylation is 4. The molecule has 2 aromatic carbocycles. The Kier molecular flexibility index (Phi) is 9.90. The number of para-hydroxylation sites is 1. The zero-order chi connectivity index (χ0) is 28.1. The third-order valence-electron chi connectivity index (χ3n) is 6.24. The van der Waals surface area contributed by atoms with E-state index in [1.165, 1.54) is 0 Å². The van der Waals surface area contributed by atoms with Crippen molar-refractivity contribution in [2.24, 2.45) is 5.92 Å². The fraction of sp³-hybridized carbons (Fsp3) is 0.500. The van der Waals surface area contributed by atoms with Crippen LogP contribution in [0.1, 0.15) is 75.4 Å². The molecule has 202 valence electrons. The molecule has 2 aromatic rings. The van der Waals surface area contributed by atoms with Crippen molar-refractivity contribution >= 4 is 23.6 Å². The second-order valence-corrected chi connectivity index (χ2v) is 11.0. The molecule has 0 aliphatic rings. The molecule has 0 saturated heterocycles. The zero-order valence-corrected chi connectivity index (χ0v) is 24.0. The van der Waals surface area contributed by atoms with Gasteiger partial charge in [-0.1, -0.05) is 55.8 Å². The molecule has 0 aliphatic heterocycles. The SMILES string of the molecule is CCN(C(=O)C(NC(=O)OC(C)(C)C)C(C)C)C(C(=O)Nc1c(C)cccc1C)c1ccc(C)cc1C. The lowest BCUT2D eigenvalue weighted by atomic mass is 9.95. The van der Waals surface area contributed by atoms with E-state index in [0.29, 0.717) is 0 Å². The van der Waals surface area contributed by atoms with Gasteiger partial charge in [0.1, 0.15) is 17.7 Å². The van der Waals surface area contributed by atoms with Gasteiger partial charge in [0.15, 0.2) is 0 Å². The van der Waals surface area contributed by atoms with E-state index < -0.39 is 23.8 Å². The molecule has 7 heteroatoms. The van der Waals surface area contributed by atoms with Crippen molar-refractivity contribution in [1.29, 1.82) is 0 Å². The van der Waals surface area contributed by atoms with E-state index in [4.69, 9.17) is 4.74 Å². The van der Waals surface area contributed by atoms with Crippen molar-refractivity contribution in [1.82, 2.24) is 10.2 Å². The number of nitrogens with one attached hydrogen (secondary N) is 2. The molecule has 0 heterocycles. The van der Waals surface area contributed by atoms with E-state index in [0.717, 1.165) is 33.5 Å². The van der Waals surface area contributed by atoms with Gasteiger partial charge in [-0.05, 0) is 83.6 Å². The smallest absolute Gasteiger partial charge is 0.408 e. The Bertz CT molecular complexity index is 1110. The summed E-state index contributed by atoms with van der Waals surface area (Å²) in [5.74, 6) is -0.875. The molecule has 2 N–H and O–H groups in total. The molecule has 2 unspecified atom stereocenters. The molecule has 2 rings (SSSR count). The lowest BCUT2D eigenvalue weighted by Gasteiger charge is -2.35. The number of alkyl carbamates (subject to hydrolysis) is 1. The number of anilines is 1. The first-order valence-electron chi connectivity index (χ1n) is 12.9. The normalized spacial score (nSPS) is 13.1. The highest BCUT2D eigenvalue weighted by molar-refractivity contribution is 6.00. The van der Waals surface area contributed by atoms with E-state index in [1.807, 2.05) is 84.9 Å². The molecular weight excluding hydrogens is 466 g/mol. The maximum absolute atomic E-state index is 14.0. The minimum atomic E-state index is -0.890. The van der Waals surface area contributed by atoms with E-state index in [2.05, 4.69) is 10.6 Å². The third kappa shape index (κ3) is 7.81. The Labute approximate surface area is 222 Å². The van der Waals surface area contributed by atoms with Crippen molar-refractivity contribution < 1.29 is 19.1 Å². The summed E-state index contributed by atoms with van der Waals surface area (Å²) in [7, 11) is 0. The number of rotatable bonds is 8. The van der Waals surface area contributed by atoms with Crippen LogP contribution in [0.5, 0.6) is 0 Å². The number of nitrogens with zero attached hydrogens (tertiary/aromatic N) is 1. The Morgan fingerprint density at radius 1 is 0.946 bits per heavy atom. The van der Waals surface area contributed by atoms with Crippen molar-refractivity contribution in [3.05, 3.63) is 64.2 Å². The predicted molar refractivity (Wildman–Crippen MR) is 149 cm³/mol. The van der Waals surface area contributed by atoms with Crippen LogP contribution in [-0.2, 0) is 14.3 Å². The molecule has 0 aliphatic carbocycles. The van der Waals surface area contributed by atoms with Crippen molar-refractivity contribution in [3.63, 3.8) is 0 Å². The van der Waals surface area contributed by atoms with Crippen molar-refractivity contribution in [2.45, 2.75) is 86.9 Å². The number of amides is 3. The van der Waals surface area contributed by atoms with Gasteiger partial charge in [-0.25, -0.2) is 4.79 Å². The Morgan fingerprint density at radius 2 is 1.54 bits per heavy atom. The maximum Gasteiger partial charge on any atom is 0.408 e. The molecule has 0 radical (unpaired) electrons. The van der Waals surface area contributed by atoms with E-state index >= 15 is 0 Å². The second-order valence-electron chi connectivity index (χ2n) is 11.0. The standard InChI is InChI=1S/C30H43N3O4/c1-11-33(28(35)24(18(2)3)32-29(36)37-30(8,9)10)26(23-16-15-19(4)17-22(23)7)27(34)31-25-20(5)13-12-14-21(25)6/h12-18,24,26H,11H2,1-10H3,(H,31,34)(H,32,36). The van der Waals surface area contributed by atoms with Crippen LogP contribution in [0.3, 0.4) is 0 Å². The van der Waals surface area contributed by atoms with Crippen molar-refractivity contribution in [2.75, 3.05) is 11.9 Å². The molecule has 3 amide bonds. The van der Waals surface area contributed by atoms with Crippen LogP contribution in [0.15, 0.2) is 36.4 Å². The molecule has 0 fully saturated rings. The summed E-state index contributed by atoms with van der Waals surface area (Å²) in [6.45, 7) is 19.0. The quantitative estimate of drug-likeness (QED) is 0.457. The highest BCUT2D eigenvalue weighted by Crippen LogP contribution is 2.29. The molecule has 2 atom stereocenters. The van der Waals surface area contributed by atoms with Crippen LogP contribution >= 0.6 is 0 Å². The number of hydrogen-bond donors (Lipinski definition) is 2. The molecule has 0 aromatic heterocycles. The zero-order valence-electron chi connectivity index (χ0n) is 24.0. The van der Waals surface area contributed by atoms with Crippen LogP contribution in [0.4, 0.5) is 10.5 Å². The monoisotopic (exact) mass is 509 g/mol. The fourth-order valence-electron chi connectivity index (χ4n) is 4.38. The minimum Gasteiger partial charge on any atom is -0.444 e. The average molecular weight is 510 g/mol. The van der Waals surface area contributed by atoms with E-state index in [-0.39, 0.29) is 24.3 Å². The van der Waals surface area contributed by atoms with Gasteiger partial charge in [0, 0.05) is 12.2 Å². The average Bonchev–Trinajstić information content (AvgIpc) is 2.77. The summed E-state index contributed by atoms with van der Waals surface area (Å²) >= 11 is 0. The van der Waals surface area contributed by atoms with Gasteiger partial charge in [0.2, 0.25) is 5.91 Å². The number of likely N-dealkylation sites (N-methyl/N-ethyl adjacent to an activating group) is 1. The lowest BCUT2D eigenvalue weighted by Crippen LogP contribution is -2.54. The molecular formula is C30H43N3O4. The van der Waals surface area contributed by atoms with E-state index in [9.17, 15) is 14.4 Å². The van der Waals surface area contributed by atoms with Crippen LogP contribution < -0.4 is 10.6 Å². The van der Waals surface area contributed by atoms with Gasteiger partial charge in [-0.2, -0.15) is 0 Å². The first kappa shape index (κ1) is 29.9. The highest BCUT2D eigenvalue weighted by Gasteiger charge is 2.37. The molecule has 0 saturated carbocycles. The van der Waals surface area contributed by atoms with Crippen LogP contribution in [0, 0.1) is 33.6 Å². The molecule has 0 spiro atoms. The largest absolute Gasteiger partial charge is 0.444 e. The Morgan fingerprint density at radius 3 is 2.03 bits per heavy atom. The summed E-state index contributed by atoms with van der Waals surface area (Å²) < 4.78 is 5.41. The number of carbonyl (C=O) groups excluding carboxylic acids is 3. The first-order valence-corrected chi connectivity index (χ1v) is 12.9. The van der Waals surface area contributed by atoms with Gasteiger partial charge in [-0.15, -0.1) is 0 Å². The van der Waals surface area contributed by atoms with E-state index in [1.54, 1.807) is 25.7 Å². The van der Waals surface area contributed by atoms with Gasteiger partial charge >= 0.3 is 6.09 Å². The Hall–Kier alpha value is -3.35. The first-order chi connectivity index (χ1) is 17.2. The van der Waals surface area contributed by atoms with Crippen LogP contribution in [0.2, 0.25) is 0 Å². The highest BCUT2D eigenvalue weighted by atomic mass is 16.6. The number of ether oxygens (including phenoxy) is 1. The molecule has 0 bridgehead atoms.